The second-order valence-corrected chi connectivity index (χ2v) is 8.59. The van der Waals surface area contributed by atoms with Crippen LogP contribution >= 0.6 is 0 Å². The van der Waals surface area contributed by atoms with E-state index in [2.05, 4.69) is 58.3 Å². The van der Waals surface area contributed by atoms with Crippen LogP contribution < -0.4 is 9.80 Å². The van der Waals surface area contributed by atoms with Gasteiger partial charge in [0.05, 0.1) is 4.90 Å². The first-order valence-corrected chi connectivity index (χ1v) is 10.7. The Balaban J connectivity index is 1.95. The Morgan fingerprint density at radius 1 is 0.724 bits per heavy atom. The van der Waals surface area contributed by atoms with Crippen LogP contribution in [0.1, 0.15) is 22.6 Å². The molecule has 0 aliphatic rings. The van der Waals surface area contributed by atoms with E-state index in [9.17, 15) is 8.76 Å². The minimum atomic E-state index is -1.95. The first-order valence-electron chi connectivity index (χ1n) is 9.59. The Bertz CT molecular complexity index is 898. The number of benzene rings is 3. The van der Waals surface area contributed by atoms with Gasteiger partial charge >= 0.3 is 0 Å². The van der Waals surface area contributed by atoms with Gasteiger partial charge in [-0.3, -0.25) is 0 Å². The molecule has 3 rings (SSSR count). The topological polar surface area (TPSA) is 43.8 Å². The van der Waals surface area contributed by atoms with Gasteiger partial charge in [-0.05, 0) is 59.5 Å². The molecule has 4 nitrogen and oxygen atoms in total. The molecule has 0 heterocycles. The third kappa shape index (κ3) is 5.25. The summed E-state index contributed by atoms with van der Waals surface area (Å²) in [6, 6.07) is 24.7. The van der Waals surface area contributed by atoms with Crippen LogP contribution in [0.5, 0.6) is 0 Å². The van der Waals surface area contributed by atoms with Crippen LogP contribution in [0.3, 0.4) is 0 Å². The van der Waals surface area contributed by atoms with Gasteiger partial charge in [0.2, 0.25) is 0 Å². The standard InChI is InChI=1S/C24H28N2O2S/c1-25(2)21-11-7-19(8-12-21)24(20-9-13-22(14-10-20)26(3)4)17-18-5-15-23(16-6-18)29(27)28/h5-16,24H,17H2,1-4H3,(H,27,28). The minimum Gasteiger partial charge on any atom is -0.378 e. The highest BCUT2D eigenvalue weighted by atomic mass is 32.2. The molecule has 5 heteroatoms. The van der Waals surface area contributed by atoms with Crippen molar-refractivity contribution in [1.29, 1.82) is 0 Å². The number of hydrogen-bond donors (Lipinski definition) is 1. The van der Waals surface area contributed by atoms with Crippen LogP contribution in [0.15, 0.2) is 77.7 Å². The zero-order valence-corrected chi connectivity index (χ0v) is 18.2. The van der Waals surface area contributed by atoms with Crippen molar-refractivity contribution in [3.8, 4) is 0 Å². The van der Waals surface area contributed by atoms with E-state index in [1.807, 2.05) is 40.3 Å². The molecular weight excluding hydrogens is 380 g/mol. The van der Waals surface area contributed by atoms with E-state index in [1.165, 1.54) is 22.5 Å². The first-order chi connectivity index (χ1) is 13.8. The van der Waals surface area contributed by atoms with Crippen LogP contribution in [-0.2, 0) is 17.5 Å². The molecule has 0 aromatic heterocycles. The highest BCUT2D eigenvalue weighted by Crippen LogP contribution is 2.31. The van der Waals surface area contributed by atoms with Crippen LogP contribution in [0.4, 0.5) is 11.4 Å². The molecule has 3 aromatic rings. The van der Waals surface area contributed by atoms with Gasteiger partial charge in [0.15, 0.2) is 11.1 Å². The molecule has 29 heavy (non-hydrogen) atoms. The van der Waals surface area contributed by atoms with E-state index < -0.39 is 11.1 Å². The molecule has 0 spiro atoms. The van der Waals surface area contributed by atoms with E-state index in [-0.39, 0.29) is 5.92 Å². The summed E-state index contributed by atoms with van der Waals surface area (Å²) in [7, 11) is 8.16. The van der Waals surface area contributed by atoms with Gasteiger partial charge < -0.3 is 14.4 Å². The number of hydrogen-bond acceptors (Lipinski definition) is 3. The van der Waals surface area contributed by atoms with Gasteiger partial charge in [-0.25, -0.2) is 4.21 Å². The monoisotopic (exact) mass is 408 g/mol. The lowest BCUT2D eigenvalue weighted by molar-refractivity contribution is 0.564. The van der Waals surface area contributed by atoms with Gasteiger partial charge in [0.25, 0.3) is 0 Å². The van der Waals surface area contributed by atoms with Crippen molar-refractivity contribution in [2.75, 3.05) is 38.0 Å². The Morgan fingerprint density at radius 2 is 1.14 bits per heavy atom. The molecule has 0 fully saturated rings. The van der Waals surface area contributed by atoms with Crippen molar-refractivity contribution in [2.45, 2.75) is 17.2 Å². The maximum absolute atomic E-state index is 11.3. The Kier molecular flexibility index (Phi) is 6.72. The quantitative estimate of drug-likeness (QED) is 0.572. The Morgan fingerprint density at radius 3 is 1.48 bits per heavy atom. The van der Waals surface area contributed by atoms with E-state index in [1.54, 1.807) is 12.1 Å². The molecule has 152 valence electrons. The first kappa shape index (κ1) is 21.1. The van der Waals surface area contributed by atoms with Crippen molar-refractivity contribution in [3.05, 3.63) is 89.5 Å². The maximum atomic E-state index is 11.3. The lowest BCUT2D eigenvalue weighted by Crippen LogP contribution is -2.11. The molecule has 1 atom stereocenters. The molecule has 0 aliphatic heterocycles. The summed E-state index contributed by atoms with van der Waals surface area (Å²) >= 11 is -1.95. The normalized spacial score (nSPS) is 12.1. The SMILES string of the molecule is CN(C)c1ccc(C(Cc2ccc(S(=O)O)cc2)c2ccc(N(C)C)cc2)cc1. The average molecular weight is 409 g/mol. The Labute approximate surface area is 176 Å². The fourth-order valence-electron chi connectivity index (χ4n) is 3.42. The van der Waals surface area contributed by atoms with E-state index in [0.717, 1.165) is 12.0 Å². The van der Waals surface area contributed by atoms with Crippen LogP contribution in [0.2, 0.25) is 0 Å². The summed E-state index contributed by atoms with van der Waals surface area (Å²) in [5, 5.41) is 0. The second-order valence-electron chi connectivity index (χ2n) is 7.62. The van der Waals surface area contributed by atoms with E-state index in [0.29, 0.717) is 4.90 Å². The van der Waals surface area contributed by atoms with Crippen molar-refractivity contribution in [2.24, 2.45) is 0 Å². The highest BCUT2D eigenvalue weighted by Gasteiger charge is 2.16. The predicted octanol–water partition coefficient (Wildman–Crippen LogP) is 4.77. The summed E-state index contributed by atoms with van der Waals surface area (Å²) in [5.74, 6) is 0.202. The van der Waals surface area contributed by atoms with Crippen LogP contribution in [0.25, 0.3) is 0 Å². The average Bonchev–Trinajstić information content (AvgIpc) is 2.72. The van der Waals surface area contributed by atoms with Gasteiger partial charge in [0.1, 0.15) is 0 Å². The molecule has 0 aliphatic carbocycles. The van der Waals surface area contributed by atoms with E-state index in [4.69, 9.17) is 0 Å². The van der Waals surface area contributed by atoms with Gasteiger partial charge in [0, 0.05) is 45.5 Å². The van der Waals surface area contributed by atoms with E-state index >= 15 is 0 Å². The fourth-order valence-corrected chi connectivity index (χ4v) is 3.78. The molecule has 0 saturated carbocycles. The molecule has 0 radical (unpaired) electrons. The third-order valence-corrected chi connectivity index (χ3v) is 5.86. The largest absolute Gasteiger partial charge is 0.378 e. The summed E-state index contributed by atoms with van der Waals surface area (Å²) < 4.78 is 20.5. The highest BCUT2D eigenvalue weighted by molar-refractivity contribution is 7.79. The number of nitrogens with zero attached hydrogens (tertiary/aromatic N) is 2. The summed E-state index contributed by atoms with van der Waals surface area (Å²) in [5.41, 5.74) is 5.99. The fraction of sp³-hybridized carbons (Fsp3) is 0.250. The molecule has 1 unspecified atom stereocenters. The van der Waals surface area contributed by atoms with Crippen molar-refractivity contribution in [3.63, 3.8) is 0 Å². The zero-order chi connectivity index (χ0) is 21.0. The summed E-state index contributed by atoms with van der Waals surface area (Å²) in [4.78, 5) is 4.62. The Hall–Kier alpha value is -2.63. The maximum Gasteiger partial charge on any atom is 0.186 e. The molecule has 0 bridgehead atoms. The summed E-state index contributed by atoms with van der Waals surface area (Å²) in [6.45, 7) is 0. The van der Waals surface area contributed by atoms with Crippen LogP contribution in [-0.4, -0.2) is 37.0 Å². The lowest BCUT2D eigenvalue weighted by Gasteiger charge is -2.21. The number of rotatable bonds is 7. The molecule has 3 aromatic carbocycles. The van der Waals surface area contributed by atoms with Gasteiger partial charge in [-0.2, -0.15) is 0 Å². The van der Waals surface area contributed by atoms with Crippen molar-refractivity contribution >= 4 is 22.5 Å². The van der Waals surface area contributed by atoms with Crippen molar-refractivity contribution in [1.82, 2.24) is 0 Å². The number of anilines is 2. The zero-order valence-electron chi connectivity index (χ0n) is 17.4. The second kappa shape index (κ2) is 9.25. The van der Waals surface area contributed by atoms with Crippen molar-refractivity contribution < 1.29 is 8.76 Å². The molecular formula is C24H28N2O2S. The third-order valence-electron chi connectivity index (χ3n) is 5.19. The summed E-state index contributed by atoms with van der Waals surface area (Å²) in [6.07, 6.45) is 0.820. The van der Waals surface area contributed by atoms with Gasteiger partial charge in [-0.15, -0.1) is 0 Å². The minimum absolute atomic E-state index is 0.202. The molecule has 0 saturated heterocycles. The van der Waals surface area contributed by atoms with Gasteiger partial charge in [-0.1, -0.05) is 36.4 Å². The lowest BCUT2D eigenvalue weighted by atomic mass is 9.85. The van der Waals surface area contributed by atoms with Crippen LogP contribution in [0, 0.1) is 0 Å². The molecule has 1 N–H and O–H groups in total. The smallest absolute Gasteiger partial charge is 0.186 e. The predicted molar refractivity (Wildman–Crippen MR) is 123 cm³/mol. The molecule has 0 amide bonds.